The lowest BCUT2D eigenvalue weighted by molar-refractivity contribution is 0.0513. The number of anilines is 1. The van der Waals surface area contributed by atoms with E-state index in [0.29, 0.717) is 35.6 Å². The first-order chi connectivity index (χ1) is 17.0. The lowest BCUT2D eigenvalue weighted by atomic mass is 9.82. The van der Waals surface area contributed by atoms with Gasteiger partial charge in [0.1, 0.15) is 5.60 Å². The Labute approximate surface area is 216 Å². The molecular formula is C26H36ClN5O4. The monoisotopic (exact) mass is 517 g/mol. The highest BCUT2D eigenvalue weighted by molar-refractivity contribution is 6.31. The van der Waals surface area contributed by atoms with Crippen LogP contribution in [0.5, 0.6) is 0 Å². The molecule has 36 heavy (non-hydrogen) atoms. The zero-order chi connectivity index (χ0) is 26.3. The predicted octanol–water partition coefficient (Wildman–Crippen LogP) is 4.32. The van der Waals surface area contributed by atoms with E-state index in [2.05, 4.69) is 15.6 Å². The summed E-state index contributed by atoms with van der Waals surface area (Å²) in [5.41, 5.74) is 6.85. The maximum atomic E-state index is 12.0. The molecule has 0 atom stereocenters. The Balaban J connectivity index is 1.58. The smallest absolute Gasteiger partial charge is 0.407 e. The fourth-order valence-corrected chi connectivity index (χ4v) is 4.42. The lowest BCUT2D eigenvalue weighted by Gasteiger charge is -2.29. The zero-order valence-corrected chi connectivity index (χ0v) is 21.8. The number of carbonyl (C=O) groups excluding carboxylic acids is 2. The number of pyridine rings is 1. The highest BCUT2D eigenvalue weighted by Gasteiger charge is 2.23. The second-order valence-electron chi connectivity index (χ2n) is 10.2. The predicted molar refractivity (Wildman–Crippen MR) is 139 cm³/mol. The Hall–Kier alpha value is -3.20. The van der Waals surface area contributed by atoms with Crippen LogP contribution in [0, 0.1) is 11.8 Å². The number of amides is 2. The molecule has 9 nitrogen and oxygen atoms in total. The van der Waals surface area contributed by atoms with E-state index >= 15 is 0 Å². The van der Waals surface area contributed by atoms with E-state index in [1.54, 1.807) is 12.1 Å². The third kappa shape index (κ3) is 8.19. The second kappa shape index (κ2) is 12.2. The van der Waals surface area contributed by atoms with Gasteiger partial charge in [0.05, 0.1) is 24.0 Å². The number of carbonyl (C=O) groups is 2. The first-order valence-electron chi connectivity index (χ1n) is 12.2. The molecule has 0 unspecified atom stereocenters. The minimum Gasteiger partial charge on any atom is -0.444 e. The summed E-state index contributed by atoms with van der Waals surface area (Å²) >= 11 is 6.21. The third-order valence-electron chi connectivity index (χ3n) is 6.17. The number of hydrogen-bond donors (Lipinski definition) is 4. The van der Waals surface area contributed by atoms with Gasteiger partial charge < -0.3 is 26.3 Å². The maximum absolute atomic E-state index is 12.0. The number of ether oxygens (including phenoxy) is 1. The lowest BCUT2D eigenvalue weighted by Crippen LogP contribution is -2.36. The summed E-state index contributed by atoms with van der Waals surface area (Å²) in [7, 11) is 0. The zero-order valence-electron chi connectivity index (χ0n) is 21.1. The number of nitrogens with one attached hydrogen (secondary N) is 2. The standard InChI is InChI=1S/C26H36ClN5O4/c1-26(2,3)36-25(34)31-14-18-10-8-17(9-11-18)13-29-22-12-23(32(35)16-20(22)24(28)33)30-15-19-6-4-5-7-21(19)27/h4-7,12,16-18,29,35H,8-11,13-15H2,1-3H3,(H2,28,33)(H,31,34). The largest absolute Gasteiger partial charge is 0.444 e. The molecule has 0 spiro atoms. The molecule has 1 saturated carbocycles. The molecule has 1 aliphatic carbocycles. The van der Waals surface area contributed by atoms with Crippen molar-refractivity contribution >= 4 is 29.3 Å². The second-order valence-corrected chi connectivity index (χ2v) is 10.6. The van der Waals surface area contributed by atoms with Crippen LogP contribution >= 0.6 is 11.6 Å². The molecule has 1 aromatic carbocycles. The van der Waals surface area contributed by atoms with Crippen LogP contribution in [0.15, 0.2) is 41.5 Å². The number of nitrogens with zero attached hydrogens (tertiary/aromatic N) is 2. The van der Waals surface area contributed by atoms with Gasteiger partial charge in [-0.05, 0) is 69.9 Å². The molecule has 196 valence electrons. The van der Waals surface area contributed by atoms with E-state index in [1.165, 1.54) is 6.20 Å². The number of aromatic nitrogens is 1. The van der Waals surface area contributed by atoms with Crippen molar-refractivity contribution in [1.29, 1.82) is 0 Å². The fourth-order valence-electron chi connectivity index (χ4n) is 4.22. The SMILES string of the molecule is CC(C)(C)OC(=O)NCC1CCC(CNc2cc(=NCc3ccccc3Cl)n(O)cc2C(N)=O)CC1. The molecule has 10 heteroatoms. The molecule has 3 rings (SSSR count). The summed E-state index contributed by atoms with van der Waals surface area (Å²) in [6, 6.07) is 8.98. The summed E-state index contributed by atoms with van der Waals surface area (Å²) in [6.07, 6.45) is 4.87. The Morgan fingerprint density at radius 1 is 1.17 bits per heavy atom. The van der Waals surface area contributed by atoms with Gasteiger partial charge in [-0.2, -0.15) is 4.73 Å². The minimum absolute atomic E-state index is 0.185. The Kier molecular flexibility index (Phi) is 9.25. The van der Waals surface area contributed by atoms with E-state index in [1.807, 2.05) is 39.0 Å². The highest BCUT2D eigenvalue weighted by atomic mass is 35.5. The Morgan fingerprint density at radius 2 is 1.81 bits per heavy atom. The molecule has 1 aliphatic rings. The van der Waals surface area contributed by atoms with Gasteiger partial charge in [-0.1, -0.05) is 29.8 Å². The number of benzene rings is 1. The molecular weight excluding hydrogens is 482 g/mol. The number of hydrogen-bond acceptors (Lipinski definition) is 6. The molecule has 0 radical (unpaired) electrons. The van der Waals surface area contributed by atoms with E-state index in [9.17, 15) is 14.8 Å². The average molecular weight is 518 g/mol. The first kappa shape index (κ1) is 27.4. The molecule has 2 amide bonds. The van der Waals surface area contributed by atoms with Crippen LogP contribution in [-0.4, -0.2) is 40.6 Å². The summed E-state index contributed by atoms with van der Waals surface area (Å²) in [4.78, 5) is 28.3. The summed E-state index contributed by atoms with van der Waals surface area (Å²) in [5.74, 6) is 0.179. The fraction of sp³-hybridized carbons (Fsp3) is 0.500. The van der Waals surface area contributed by atoms with Crippen molar-refractivity contribution in [2.45, 2.75) is 58.6 Å². The third-order valence-corrected chi connectivity index (χ3v) is 6.53. The molecule has 1 heterocycles. The Bertz CT molecular complexity index is 1130. The van der Waals surface area contributed by atoms with Crippen LogP contribution in [0.4, 0.5) is 10.5 Å². The number of primary amides is 1. The van der Waals surface area contributed by atoms with E-state index < -0.39 is 11.5 Å². The van der Waals surface area contributed by atoms with Crippen molar-refractivity contribution in [1.82, 2.24) is 10.0 Å². The Morgan fingerprint density at radius 3 is 2.42 bits per heavy atom. The normalized spacial score (nSPS) is 18.5. The molecule has 1 aromatic heterocycles. The van der Waals surface area contributed by atoms with E-state index in [-0.39, 0.29) is 23.7 Å². The van der Waals surface area contributed by atoms with Crippen molar-refractivity contribution in [3.63, 3.8) is 0 Å². The maximum Gasteiger partial charge on any atom is 0.407 e. The molecule has 0 bridgehead atoms. The van der Waals surface area contributed by atoms with Gasteiger partial charge in [0.15, 0.2) is 5.49 Å². The van der Waals surface area contributed by atoms with Gasteiger partial charge in [-0.25, -0.2) is 4.79 Å². The number of halogens is 1. The molecule has 5 N–H and O–H groups in total. The minimum atomic E-state index is -0.644. The molecule has 0 aliphatic heterocycles. The van der Waals surface area contributed by atoms with Crippen molar-refractivity contribution in [2.24, 2.45) is 22.6 Å². The van der Waals surface area contributed by atoms with Crippen LogP contribution in [0.25, 0.3) is 0 Å². The van der Waals surface area contributed by atoms with Gasteiger partial charge in [0, 0.05) is 24.2 Å². The highest BCUT2D eigenvalue weighted by Crippen LogP contribution is 2.29. The van der Waals surface area contributed by atoms with Crippen molar-refractivity contribution in [3.05, 3.63) is 58.2 Å². The first-order valence-corrected chi connectivity index (χ1v) is 12.6. The number of nitrogens with two attached hydrogens (primary N) is 1. The number of alkyl carbamates (subject to hydrolysis) is 1. The molecule has 0 saturated heterocycles. The average Bonchev–Trinajstić information content (AvgIpc) is 2.81. The van der Waals surface area contributed by atoms with Gasteiger partial charge in [-0.15, -0.1) is 0 Å². The summed E-state index contributed by atoms with van der Waals surface area (Å²) in [6.45, 7) is 7.07. The van der Waals surface area contributed by atoms with Gasteiger partial charge in [-0.3, -0.25) is 9.79 Å². The van der Waals surface area contributed by atoms with Crippen LogP contribution in [0.2, 0.25) is 5.02 Å². The van der Waals surface area contributed by atoms with Gasteiger partial charge in [0.2, 0.25) is 0 Å². The summed E-state index contributed by atoms with van der Waals surface area (Å²) < 4.78 is 6.10. The van der Waals surface area contributed by atoms with Crippen LogP contribution in [-0.2, 0) is 11.3 Å². The molecule has 2 aromatic rings. The van der Waals surface area contributed by atoms with Gasteiger partial charge >= 0.3 is 6.09 Å². The van der Waals surface area contributed by atoms with Crippen LogP contribution in [0.1, 0.15) is 62.4 Å². The van der Waals surface area contributed by atoms with Crippen molar-refractivity contribution in [3.8, 4) is 0 Å². The quantitative estimate of drug-likeness (QED) is 0.387. The van der Waals surface area contributed by atoms with Crippen LogP contribution < -0.4 is 21.9 Å². The topological polar surface area (TPSA) is 131 Å². The van der Waals surface area contributed by atoms with Gasteiger partial charge in [0.25, 0.3) is 5.91 Å². The van der Waals surface area contributed by atoms with Crippen LogP contribution in [0.3, 0.4) is 0 Å². The molecule has 1 fully saturated rings. The summed E-state index contributed by atoms with van der Waals surface area (Å²) in [5, 5.41) is 17.1. The van der Waals surface area contributed by atoms with E-state index in [4.69, 9.17) is 22.1 Å². The van der Waals surface area contributed by atoms with Crippen molar-refractivity contribution in [2.75, 3.05) is 18.4 Å². The van der Waals surface area contributed by atoms with E-state index in [0.717, 1.165) is 36.0 Å². The van der Waals surface area contributed by atoms with Crippen molar-refractivity contribution < 1.29 is 19.5 Å². The number of rotatable bonds is 8.